The van der Waals surface area contributed by atoms with Crippen LogP contribution >= 0.6 is 35.4 Å². The van der Waals surface area contributed by atoms with Gasteiger partial charge in [-0.2, -0.15) is 0 Å². The molecule has 0 saturated heterocycles. The van der Waals surface area contributed by atoms with Crippen LogP contribution < -0.4 is 10.2 Å². The van der Waals surface area contributed by atoms with Gasteiger partial charge in [0.2, 0.25) is 6.17 Å². The van der Waals surface area contributed by atoms with Crippen molar-refractivity contribution < 1.29 is 4.79 Å². The third-order valence-electron chi connectivity index (χ3n) is 6.07. The summed E-state index contributed by atoms with van der Waals surface area (Å²) < 4.78 is 0. The van der Waals surface area contributed by atoms with E-state index in [-0.39, 0.29) is 5.91 Å². The standard InChI is InChI=1S/C28H28Cl2N4OS/c1-3-4-16-34(18-19-10-6-5-7-11-19)28(36)32-26-27(35)33(2)24-15-14-20(29)17-22(24)25(31-26)21-12-8-9-13-23(21)30/h5-15,17,26H,3-4,16,18H2,1-2H3,(H,32,36). The molecule has 1 N–H and O–H groups in total. The van der Waals surface area contributed by atoms with E-state index in [1.54, 1.807) is 24.1 Å². The van der Waals surface area contributed by atoms with E-state index in [9.17, 15) is 4.79 Å². The molecule has 1 aliphatic heterocycles. The number of unbranched alkanes of at least 4 members (excludes halogenated alkanes) is 1. The maximum atomic E-state index is 13.6. The third kappa shape index (κ3) is 5.89. The van der Waals surface area contributed by atoms with E-state index in [4.69, 9.17) is 40.4 Å². The van der Waals surface area contributed by atoms with Crippen LogP contribution in [0.15, 0.2) is 77.8 Å². The number of benzodiazepines with no additional fused rings is 1. The Morgan fingerprint density at radius 3 is 2.50 bits per heavy atom. The molecule has 1 heterocycles. The minimum atomic E-state index is -0.931. The van der Waals surface area contributed by atoms with Gasteiger partial charge in [-0.15, -0.1) is 0 Å². The number of carbonyl (C=O) groups is 1. The van der Waals surface area contributed by atoms with Gasteiger partial charge in [-0.05, 0) is 48.5 Å². The summed E-state index contributed by atoms with van der Waals surface area (Å²) >= 11 is 18.8. The van der Waals surface area contributed by atoms with Crippen LogP contribution in [-0.4, -0.2) is 41.4 Å². The Kier molecular flexibility index (Phi) is 8.62. The van der Waals surface area contributed by atoms with Crippen molar-refractivity contribution in [3.05, 3.63) is 99.5 Å². The van der Waals surface area contributed by atoms with E-state index in [1.165, 1.54) is 0 Å². The number of benzene rings is 3. The van der Waals surface area contributed by atoms with Crippen molar-refractivity contribution in [1.29, 1.82) is 0 Å². The predicted octanol–water partition coefficient (Wildman–Crippen LogP) is 6.31. The van der Waals surface area contributed by atoms with Gasteiger partial charge in [0.25, 0.3) is 5.91 Å². The highest BCUT2D eigenvalue weighted by molar-refractivity contribution is 7.80. The van der Waals surface area contributed by atoms with Gasteiger partial charge in [-0.25, -0.2) is 4.99 Å². The second-order valence-corrected chi connectivity index (χ2v) is 9.86. The summed E-state index contributed by atoms with van der Waals surface area (Å²) in [5.74, 6) is -0.224. The van der Waals surface area contributed by atoms with Gasteiger partial charge in [-0.1, -0.05) is 85.1 Å². The normalized spacial score (nSPS) is 15.1. The first-order valence-electron chi connectivity index (χ1n) is 11.9. The monoisotopic (exact) mass is 538 g/mol. The van der Waals surface area contributed by atoms with Crippen LogP contribution in [0.5, 0.6) is 0 Å². The second kappa shape index (κ2) is 11.9. The molecule has 0 fully saturated rings. The number of fused-ring (bicyclic) bond motifs is 1. The van der Waals surface area contributed by atoms with Crippen molar-refractivity contribution >= 4 is 57.8 Å². The fourth-order valence-electron chi connectivity index (χ4n) is 4.12. The number of aliphatic imine (C=N–C) groups is 1. The Labute approximate surface area is 227 Å². The van der Waals surface area contributed by atoms with Gasteiger partial charge in [0.15, 0.2) is 5.11 Å². The zero-order valence-electron chi connectivity index (χ0n) is 20.2. The van der Waals surface area contributed by atoms with E-state index in [0.717, 1.165) is 36.1 Å². The molecule has 8 heteroatoms. The fraction of sp³-hybridized carbons (Fsp3) is 0.250. The maximum absolute atomic E-state index is 13.6. The van der Waals surface area contributed by atoms with Crippen molar-refractivity contribution in [3.63, 3.8) is 0 Å². The van der Waals surface area contributed by atoms with E-state index >= 15 is 0 Å². The number of nitrogens with zero attached hydrogens (tertiary/aromatic N) is 3. The highest BCUT2D eigenvalue weighted by atomic mass is 35.5. The number of likely N-dealkylation sites (N-methyl/N-ethyl adjacent to an activating group) is 1. The van der Waals surface area contributed by atoms with Gasteiger partial charge in [0, 0.05) is 41.3 Å². The zero-order chi connectivity index (χ0) is 25.7. The highest BCUT2D eigenvalue weighted by Crippen LogP contribution is 2.31. The van der Waals surface area contributed by atoms with Crippen molar-refractivity contribution in [2.45, 2.75) is 32.5 Å². The second-order valence-electron chi connectivity index (χ2n) is 8.63. The smallest absolute Gasteiger partial charge is 0.272 e. The van der Waals surface area contributed by atoms with Crippen LogP contribution in [0.4, 0.5) is 5.69 Å². The quantitative estimate of drug-likeness (QED) is 0.358. The molecule has 1 atom stereocenters. The minimum absolute atomic E-state index is 0.224. The lowest BCUT2D eigenvalue weighted by Gasteiger charge is -2.28. The molecule has 0 saturated carbocycles. The number of thiocarbonyl (C=S) groups is 1. The number of anilines is 1. The summed E-state index contributed by atoms with van der Waals surface area (Å²) in [6.07, 6.45) is 1.08. The number of rotatable bonds is 7. The Morgan fingerprint density at radius 1 is 1.06 bits per heavy atom. The lowest BCUT2D eigenvalue weighted by atomic mass is 10.00. The predicted molar refractivity (Wildman–Crippen MR) is 153 cm³/mol. The Balaban J connectivity index is 1.72. The van der Waals surface area contributed by atoms with E-state index in [0.29, 0.717) is 33.1 Å². The molecule has 36 heavy (non-hydrogen) atoms. The molecule has 0 bridgehead atoms. The summed E-state index contributed by atoms with van der Waals surface area (Å²) in [5, 5.41) is 4.80. The molecule has 3 aromatic rings. The number of halogens is 2. The summed E-state index contributed by atoms with van der Waals surface area (Å²) in [4.78, 5) is 22.2. The number of carbonyl (C=O) groups excluding carboxylic acids is 1. The van der Waals surface area contributed by atoms with Crippen molar-refractivity contribution in [1.82, 2.24) is 10.2 Å². The van der Waals surface area contributed by atoms with Crippen molar-refractivity contribution in [2.75, 3.05) is 18.5 Å². The number of amides is 1. The molecule has 186 valence electrons. The first-order chi connectivity index (χ1) is 17.4. The summed E-state index contributed by atoms with van der Waals surface area (Å²) in [7, 11) is 1.73. The third-order valence-corrected chi connectivity index (χ3v) is 7.01. The van der Waals surface area contributed by atoms with E-state index < -0.39 is 6.17 Å². The topological polar surface area (TPSA) is 47.9 Å². The van der Waals surface area contributed by atoms with Crippen molar-refractivity contribution in [3.8, 4) is 0 Å². The van der Waals surface area contributed by atoms with Gasteiger partial charge >= 0.3 is 0 Å². The zero-order valence-corrected chi connectivity index (χ0v) is 22.6. The van der Waals surface area contributed by atoms with Gasteiger partial charge < -0.3 is 15.1 Å². The summed E-state index contributed by atoms with van der Waals surface area (Å²) in [6, 6.07) is 23.0. The van der Waals surface area contributed by atoms with E-state index in [1.807, 2.05) is 48.5 Å². The van der Waals surface area contributed by atoms with Crippen LogP contribution in [0.3, 0.4) is 0 Å². The molecular weight excluding hydrogens is 511 g/mol. The first kappa shape index (κ1) is 26.1. The van der Waals surface area contributed by atoms with E-state index in [2.05, 4.69) is 29.3 Å². The fourth-order valence-corrected chi connectivity index (χ4v) is 4.79. The molecule has 1 amide bonds. The molecule has 3 aromatic carbocycles. The highest BCUT2D eigenvalue weighted by Gasteiger charge is 2.32. The van der Waals surface area contributed by atoms with Crippen LogP contribution in [0, 0.1) is 0 Å². The lowest BCUT2D eigenvalue weighted by Crippen LogP contribution is -2.50. The molecular formula is C28H28Cl2N4OS. The molecule has 0 radical (unpaired) electrons. The average molecular weight is 540 g/mol. The number of nitrogens with one attached hydrogen (secondary N) is 1. The van der Waals surface area contributed by atoms with Crippen molar-refractivity contribution in [2.24, 2.45) is 4.99 Å². The molecule has 1 unspecified atom stereocenters. The van der Waals surface area contributed by atoms with Gasteiger partial charge in [0.05, 0.1) is 11.4 Å². The minimum Gasteiger partial charge on any atom is -0.345 e. The van der Waals surface area contributed by atoms with Crippen LogP contribution in [0.25, 0.3) is 0 Å². The molecule has 5 nitrogen and oxygen atoms in total. The summed E-state index contributed by atoms with van der Waals surface area (Å²) in [6.45, 7) is 3.55. The van der Waals surface area contributed by atoms with Crippen LogP contribution in [-0.2, 0) is 11.3 Å². The average Bonchev–Trinajstić information content (AvgIpc) is 2.97. The number of hydrogen-bond acceptors (Lipinski definition) is 3. The van der Waals surface area contributed by atoms with Gasteiger partial charge in [0.1, 0.15) is 0 Å². The largest absolute Gasteiger partial charge is 0.345 e. The van der Waals surface area contributed by atoms with Crippen LogP contribution in [0.1, 0.15) is 36.5 Å². The molecule has 4 rings (SSSR count). The SMILES string of the molecule is CCCCN(Cc1ccccc1)C(=S)NC1N=C(c2ccccc2Cl)c2cc(Cl)ccc2N(C)C1=O. The Bertz CT molecular complexity index is 1280. The molecule has 0 spiro atoms. The van der Waals surface area contributed by atoms with Crippen LogP contribution in [0.2, 0.25) is 10.0 Å². The molecule has 1 aliphatic rings. The summed E-state index contributed by atoms with van der Waals surface area (Å²) in [5.41, 5.74) is 3.87. The maximum Gasteiger partial charge on any atom is 0.272 e. The van der Waals surface area contributed by atoms with Gasteiger partial charge in [-0.3, -0.25) is 4.79 Å². The Morgan fingerprint density at radius 2 is 1.78 bits per heavy atom. The molecule has 0 aromatic heterocycles. The first-order valence-corrected chi connectivity index (χ1v) is 13.0. The number of hydrogen-bond donors (Lipinski definition) is 1. The Hall–Kier alpha value is -2.93. The lowest BCUT2D eigenvalue weighted by molar-refractivity contribution is -0.119. The molecule has 0 aliphatic carbocycles.